The largest absolute Gasteiger partial charge is 0.466 e. The van der Waals surface area contributed by atoms with Crippen molar-refractivity contribution in [3.8, 4) is 0 Å². The van der Waals surface area contributed by atoms with E-state index < -0.39 is 0 Å². The lowest BCUT2D eigenvalue weighted by atomic mass is 10.2. The van der Waals surface area contributed by atoms with Gasteiger partial charge in [0.05, 0.1) is 18.7 Å². The van der Waals surface area contributed by atoms with E-state index in [1.165, 1.54) is 0 Å². The lowest BCUT2D eigenvalue weighted by molar-refractivity contribution is -0.0284. The highest BCUT2D eigenvalue weighted by Gasteiger charge is 2.30. The number of aromatic nitrogens is 3. The van der Waals surface area contributed by atoms with E-state index in [4.69, 9.17) is 9.15 Å². The molecule has 0 bridgehead atoms. The van der Waals surface area contributed by atoms with Gasteiger partial charge in [0.25, 0.3) is 5.91 Å². The highest BCUT2D eigenvalue weighted by molar-refractivity contribution is 5.95. The number of carbonyl (C=O) groups excluding carboxylic acids is 1. The van der Waals surface area contributed by atoms with Gasteiger partial charge >= 0.3 is 0 Å². The lowest BCUT2D eigenvalue weighted by Crippen LogP contribution is -2.43. The second-order valence-corrected chi connectivity index (χ2v) is 5.41. The average Bonchev–Trinajstić information content (AvgIpc) is 3.12. The Balaban J connectivity index is 1.78. The van der Waals surface area contributed by atoms with E-state index >= 15 is 0 Å². The molecule has 0 saturated carbocycles. The van der Waals surface area contributed by atoms with Crippen molar-refractivity contribution in [2.24, 2.45) is 0 Å². The molecule has 1 amide bonds. The second kappa shape index (κ2) is 5.92. The van der Waals surface area contributed by atoms with Crippen molar-refractivity contribution in [1.29, 1.82) is 0 Å². The molecule has 2 aromatic rings. The van der Waals surface area contributed by atoms with Crippen LogP contribution in [0.4, 0.5) is 0 Å². The summed E-state index contributed by atoms with van der Waals surface area (Å²) >= 11 is 0. The minimum absolute atomic E-state index is 0.0230. The summed E-state index contributed by atoms with van der Waals surface area (Å²) in [6.45, 7) is 7.98. The quantitative estimate of drug-likeness (QED) is 0.863. The molecule has 0 spiro atoms. The highest BCUT2D eigenvalue weighted by Crippen LogP contribution is 2.23. The third-order valence-corrected chi connectivity index (χ3v) is 3.90. The Morgan fingerprint density at radius 1 is 1.45 bits per heavy atom. The fourth-order valence-corrected chi connectivity index (χ4v) is 2.76. The van der Waals surface area contributed by atoms with Gasteiger partial charge in [0.1, 0.15) is 24.0 Å². The first-order valence-corrected chi connectivity index (χ1v) is 7.45. The minimum Gasteiger partial charge on any atom is -0.466 e. The molecule has 1 saturated heterocycles. The van der Waals surface area contributed by atoms with Gasteiger partial charge in [0.2, 0.25) is 0 Å². The van der Waals surface area contributed by atoms with Crippen LogP contribution in [0.5, 0.6) is 0 Å². The Morgan fingerprint density at radius 2 is 2.27 bits per heavy atom. The standard InChI is InChI=1S/C15H20N4O3/c1-4-18-9-16-17-14(18)13-8-19(5-6-21-13)15(20)12-7-10(2)22-11(12)3/h7,9,13H,4-6,8H2,1-3H3/t13-/m1/s1. The van der Waals surface area contributed by atoms with E-state index in [1.807, 2.05) is 25.3 Å². The Kier molecular flexibility index (Phi) is 3.98. The number of nitrogens with zero attached hydrogens (tertiary/aromatic N) is 4. The predicted octanol–water partition coefficient (Wildman–Crippen LogP) is 1.72. The normalized spacial score (nSPS) is 18.7. The van der Waals surface area contributed by atoms with Crippen LogP contribution >= 0.6 is 0 Å². The zero-order valence-electron chi connectivity index (χ0n) is 13.1. The summed E-state index contributed by atoms with van der Waals surface area (Å²) in [5.41, 5.74) is 0.620. The van der Waals surface area contributed by atoms with E-state index in [0.717, 1.165) is 18.1 Å². The van der Waals surface area contributed by atoms with Crippen LogP contribution < -0.4 is 0 Å². The summed E-state index contributed by atoms with van der Waals surface area (Å²) in [5.74, 6) is 2.14. The first kappa shape index (κ1) is 14.8. The van der Waals surface area contributed by atoms with E-state index in [9.17, 15) is 4.79 Å². The second-order valence-electron chi connectivity index (χ2n) is 5.41. The molecule has 3 heterocycles. The average molecular weight is 304 g/mol. The van der Waals surface area contributed by atoms with Gasteiger partial charge in [0, 0.05) is 13.1 Å². The molecule has 0 aromatic carbocycles. The number of amides is 1. The van der Waals surface area contributed by atoms with Crippen molar-refractivity contribution in [3.05, 3.63) is 35.3 Å². The number of hydrogen-bond donors (Lipinski definition) is 0. The van der Waals surface area contributed by atoms with Gasteiger partial charge in [-0.15, -0.1) is 10.2 Å². The first-order valence-electron chi connectivity index (χ1n) is 7.45. The maximum atomic E-state index is 12.7. The topological polar surface area (TPSA) is 73.4 Å². The maximum absolute atomic E-state index is 12.7. The van der Waals surface area contributed by atoms with Gasteiger partial charge in [-0.25, -0.2) is 0 Å². The number of carbonyl (C=O) groups is 1. The number of hydrogen-bond acceptors (Lipinski definition) is 5. The monoisotopic (exact) mass is 304 g/mol. The third kappa shape index (κ3) is 2.64. The molecule has 1 aliphatic heterocycles. The number of furan rings is 1. The number of morpholine rings is 1. The van der Waals surface area contributed by atoms with Crippen molar-refractivity contribution in [1.82, 2.24) is 19.7 Å². The van der Waals surface area contributed by atoms with Crippen molar-refractivity contribution >= 4 is 5.91 Å². The number of aryl methyl sites for hydroxylation is 3. The van der Waals surface area contributed by atoms with Gasteiger partial charge in [-0.1, -0.05) is 0 Å². The molecule has 118 valence electrons. The molecule has 0 aliphatic carbocycles. The van der Waals surface area contributed by atoms with Gasteiger partial charge < -0.3 is 18.6 Å². The Labute approximate surface area is 128 Å². The summed E-state index contributed by atoms with van der Waals surface area (Å²) in [5, 5.41) is 8.06. The van der Waals surface area contributed by atoms with Gasteiger partial charge in [-0.05, 0) is 26.8 Å². The Morgan fingerprint density at radius 3 is 2.95 bits per heavy atom. The molecule has 3 rings (SSSR count). The van der Waals surface area contributed by atoms with Crippen LogP contribution in [0, 0.1) is 13.8 Å². The van der Waals surface area contributed by atoms with Crippen LogP contribution in [-0.2, 0) is 11.3 Å². The van der Waals surface area contributed by atoms with Crippen molar-refractivity contribution < 1.29 is 13.9 Å². The summed E-state index contributed by atoms with van der Waals surface area (Å²) in [7, 11) is 0. The van der Waals surface area contributed by atoms with Crippen LogP contribution in [0.3, 0.4) is 0 Å². The summed E-state index contributed by atoms with van der Waals surface area (Å²) < 4.78 is 13.2. The Hall–Kier alpha value is -2.15. The molecule has 2 aromatic heterocycles. The first-order chi connectivity index (χ1) is 10.6. The summed E-state index contributed by atoms with van der Waals surface area (Å²) in [6.07, 6.45) is 1.44. The SMILES string of the molecule is CCn1cnnc1[C@H]1CN(C(=O)c2cc(C)oc2C)CCO1. The predicted molar refractivity (Wildman–Crippen MR) is 78.5 cm³/mol. The molecule has 1 fully saturated rings. The van der Waals surface area contributed by atoms with E-state index in [-0.39, 0.29) is 12.0 Å². The molecule has 7 nitrogen and oxygen atoms in total. The van der Waals surface area contributed by atoms with Gasteiger partial charge in [-0.3, -0.25) is 4.79 Å². The number of rotatable bonds is 3. The molecule has 7 heteroatoms. The molecular formula is C15H20N4O3. The maximum Gasteiger partial charge on any atom is 0.257 e. The molecule has 0 radical (unpaired) electrons. The fourth-order valence-electron chi connectivity index (χ4n) is 2.76. The zero-order chi connectivity index (χ0) is 15.7. The molecule has 1 aliphatic rings. The molecule has 0 unspecified atom stereocenters. The summed E-state index contributed by atoms with van der Waals surface area (Å²) in [6, 6.07) is 1.79. The van der Waals surface area contributed by atoms with Crippen LogP contribution in [0.1, 0.15) is 40.7 Å². The molecule has 0 N–H and O–H groups in total. The van der Waals surface area contributed by atoms with Crippen LogP contribution in [0.25, 0.3) is 0 Å². The molecular weight excluding hydrogens is 284 g/mol. The van der Waals surface area contributed by atoms with Crippen molar-refractivity contribution in [2.75, 3.05) is 19.7 Å². The molecule has 1 atom stereocenters. The van der Waals surface area contributed by atoms with Gasteiger partial charge in [-0.2, -0.15) is 0 Å². The van der Waals surface area contributed by atoms with Crippen LogP contribution in [-0.4, -0.2) is 45.3 Å². The van der Waals surface area contributed by atoms with Crippen LogP contribution in [0.2, 0.25) is 0 Å². The van der Waals surface area contributed by atoms with Crippen LogP contribution in [0.15, 0.2) is 16.8 Å². The number of ether oxygens (including phenoxy) is 1. The molecule has 22 heavy (non-hydrogen) atoms. The van der Waals surface area contributed by atoms with Crippen molar-refractivity contribution in [3.63, 3.8) is 0 Å². The van der Waals surface area contributed by atoms with E-state index in [1.54, 1.807) is 17.3 Å². The third-order valence-electron chi connectivity index (χ3n) is 3.90. The Bertz CT molecular complexity index is 676. The highest BCUT2D eigenvalue weighted by atomic mass is 16.5. The fraction of sp³-hybridized carbons (Fsp3) is 0.533. The minimum atomic E-state index is -0.242. The lowest BCUT2D eigenvalue weighted by Gasteiger charge is -2.32. The zero-order valence-corrected chi connectivity index (χ0v) is 13.1. The van der Waals surface area contributed by atoms with Gasteiger partial charge in [0.15, 0.2) is 5.82 Å². The van der Waals surface area contributed by atoms with Crippen molar-refractivity contribution in [2.45, 2.75) is 33.4 Å². The van der Waals surface area contributed by atoms with E-state index in [0.29, 0.717) is 31.0 Å². The summed E-state index contributed by atoms with van der Waals surface area (Å²) in [4.78, 5) is 14.5. The smallest absolute Gasteiger partial charge is 0.257 e. The van der Waals surface area contributed by atoms with E-state index in [2.05, 4.69) is 10.2 Å².